The Balaban J connectivity index is 0.000000250. The third kappa shape index (κ3) is 2.44. The van der Waals surface area contributed by atoms with Gasteiger partial charge in [0, 0.05) is 0 Å². The van der Waals surface area contributed by atoms with Crippen molar-refractivity contribution in [1.82, 2.24) is 0 Å². The molecule has 0 saturated carbocycles. The molecule has 0 N–H and O–H groups in total. The van der Waals surface area contributed by atoms with Crippen molar-refractivity contribution in [3.8, 4) is 0 Å². The minimum atomic E-state index is 0. The summed E-state index contributed by atoms with van der Waals surface area (Å²) in [5.74, 6) is 0. The summed E-state index contributed by atoms with van der Waals surface area (Å²) in [4.78, 5) is 2.30. The first-order chi connectivity index (χ1) is 2.50. The zero-order valence-corrected chi connectivity index (χ0v) is 4.69. The molecule has 1 heterocycles. The topological polar surface area (TPSA) is 0 Å². The van der Waals surface area contributed by atoms with E-state index in [0.29, 0.717) is 0 Å². The Kier molecular flexibility index (Phi) is 5.35. The van der Waals surface area contributed by atoms with E-state index in [-0.39, 0.29) is 29.6 Å². The number of rotatable bonds is 0. The Morgan fingerprint density at radius 2 is 2.33 bits per heavy atom. The first-order valence-corrected chi connectivity index (χ1v) is 3.97. The van der Waals surface area contributed by atoms with Crippen LogP contribution in [0.2, 0.25) is 5.32 Å². The Bertz CT molecular complexity index is 45.5. The van der Waals surface area contributed by atoms with Gasteiger partial charge in [-0.1, -0.05) is 0 Å². The van der Waals surface area contributed by atoms with E-state index in [9.17, 15) is 0 Å². The van der Waals surface area contributed by atoms with Gasteiger partial charge >= 0.3 is 67.3 Å². The molecule has 0 aromatic carbocycles. The van der Waals surface area contributed by atoms with E-state index in [4.69, 9.17) is 0 Å². The first-order valence-electron chi connectivity index (χ1n) is 1.77. The average Bonchev–Trinajstić information content (AvgIpc) is 1.76. The molecule has 0 radical (unpaired) electrons. The van der Waals surface area contributed by atoms with Gasteiger partial charge in [0.1, 0.15) is 0 Å². The summed E-state index contributed by atoms with van der Waals surface area (Å²) in [6.07, 6.45) is 3.61. The van der Waals surface area contributed by atoms with Crippen LogP contribution in [0.25, 0.3) is 0 Å². The first kappa shape index (κ1) is 7.26. The van der Waals surface area contributed by atoms with Crippen LogP contribution in [-0.4, -0.2) is 44.5 Å². The maximum atomic E-state index is 2.30. The molecule has 0 aliphatic carbocycles. The summed E-state index contributed by atoms with van der Waals surface area (Å²) >= 11 is 0.889. The molecular weight excluding hydrogens is 150 g/mol. The molecule has 1 aliphatic rings. The van der Waals surface area contributed by atoms with Crippen molar-refractivity contribution in [2.24, 2.45) is 0 Å². The molecule has 6 heavy (non-hydrogen) atoms. The van der Waals surface area contributed by atoms with Crippen LogP contribution < -0.4 is 0 Å². The van der Waals surface area contributed by atoms with Crippen molar-refractivity contribution >= 4 is 44.5 Å². The number of hydrogen-bond acceptors (Lipinski definition) is 0. The van der Waals surface area contributed by atoms with Crippen LogP contribution >= 0.6 is 0 Å². The molecule has 0 fully saturated rings. The van der Waals surface area contributed by atoms with Gasteiger partial charge in [-0.2, -0.15) is 0 Å². The van der Waals surface area contributed by atoms with E-state index in [2.05, 4.69) is 11.1 Å². The molecule has 0 saturated heterocycles. The van der Waals surface area contributed by atoms with Crippen LogP contribution in [0.15, 0.2) is 11.1 Å². The van der Waals surface area contributed by atoms with Gasteiger partial charge in [-0.3, -0.25) is 0 Å². The molecule has 1 aliphatic heterocycles. The van der Waals surface area contributed by atoms with E-state index >= 15 is 0 Å². The van der Waals surface area contributed by atoms with Gasteiger partial charge in [0.15, 0.2) is 0 Å². The summed E-state index contributed by atoms with van der Waals surface area (Å²) in [7, 11) is 0. The maximum absolute atomic E-state index is 2.30. The van der Waals surface area contributed by atoms with Crippen molar-refractivity contribution in [1.29, 1.82) is 0 Å². The fourth-order valence-corrected chi connectivity index (χ4v) is 1.77. The molecule has 0 atom stereocenters. The molecule has 30 valence electrons. The van der Waals surface area contributed by atoms with Crippen LogP contribution in [0.5, 0.6) is 0 Å². The van der Waals surface area contributed by atoms with Crippen molar-refractivity contribution in [2.45, 2.75) is 11.7 Å². The van der Waals surface area contributed by atoms with Gasteiger partial charge in [-0.05, 0) is 0 Å². The zero-order valence-electron chi connectivity index (χ0n) is 2.98. The molecule has 0 aromatic heterocycles. The fraction of sp³-hybridized carbons (Fsp3) is 0.500. The molecular formula is C4H7NaSe. The van der Waals surface area contributed by atoms with Gasteiger partial charge in [-0.15, -0.1) is 0 Å². The van der Waals surface area contributed by atoms with Crippen LogP contribution in [-0.2, 0) is 0 Å². The summed E-state index contributed by atoms with van der Waals surface area (Å²) < 4.78 is 0. The molecule has 0 bridgehead atoms. The van der Waals surface area contributed by atoms with Gasteiger partial charge in [-0.25, -0.2) is 0 Å². The number of hydrogen-bond donors (Lipinski definition) is 0. The van der Waals surface area contributed by atoms with Gasteiger partial charge in [0.05, 0.1) is 0 Å². The monoisotopic (exact) mass is 158 g/mol. The minimum absolute atomic E-state index is 0. The molecule has 0 nitrogen and oxygen atoms in total. The van der Waals surface area contributed by atoms with Crippen LogP contribution in [0.3, 0.4) is 0 Å². The Hall–Kier alpha value is 1.26. The fourth-order valence-electron chi connectivity index (χ4n) is 0.340. The average molecular weight is 157 g/mol. The SMILES string of the molecule is C1=C[Se]CC1.[NaH]. The van der Waals surface area contributed by atoms with E-state index in [1.54, 1.807) is 0 Å². The Labute approximate surface area is 66.8 Å². The zero-order chi connectivity index (χ0) is 3.54. The van der Waals surface area contributed by atoms with Crippen molar-refractivity contribution in [3.05, 3.63) is 11.1 Å². The van der Waals surface area contributed by atoms with Gasteiger partial charge < -0.3 is 0 Å². The van der Waals surface area contributed by atoms with Crippen molar-refractivity contribution in [2.75, 3.05) is 0 Å². The standard InChI is InChI=1S/C4H6Se.Na.H/c1-2-4-5-3-1;;/h1,3H,2,4H2;;. The van der Waals surface area contributed by atoms with Crippen molar-refractivity contribution in [3.63, 3.8) is 0 Å². The second-order valence-corrected chi connectivity index (χ2v) is 3.16. The summed E-state index contributed by atoms with van der Waals surface area (Å²) in [6.45, 7) is 0. The number of allylic oxidation sites excluding steroid dienone is 1. The van der Waals surface area contributed by atoms with E-state index in [1.165, 1.54) is 11.7 Å². The Morgan fingerprint density at radius 3 is 2.50 bits per heavy atom. The third-order valence-electron chi connectivity index (χ3n) is 0.595. The predicted octanol–water partition coefficient (Wildman–Crippen LogP) is 0.378. The Morgan fingerprint density at radius 1 is 1.50 bits per heavy atom. The third-order valence-corrected chi connectivity index (χ3v) is 2.39. The second-order valence-electron chi connectivity index (χ2n) is 1.03. The molecule has 0 aromatic rings. The van der Waals surface area contributed by atoms with E-state index in [0.717, 1.165) is 15.0 Å². The van der Waals surface area contributed by atoms with Crippen LogP contribution in [0.1, 0.15) is 6.42 Å². The van der Waals surface area contributed by atoms with Gasteiger partial charge in [0.25, 0.3) is 0 Å². The van der Waals surface area contributed by atoms with Crippen LogP contribution in [0, 0.1) is 0 Å². The second kappa shape index (κ2) is 4.42. The van der Waals surface area contributed by atoms with Crippen molar-refractivity contribution < 1.29 is 0 Å². The van der Waals surface area contributed by atoms with Crippen LogP contribution in [0.4, 0.5) is 0 Å². The predicted molar refractivity (Wildman–Crippen MR) is 31.5 cm³/mol. The molecule has 0 amide bonds. The summed E-state index contributed by atoms with van der Waals surface area (Å²) in [6, 6.07) is 0. The quantitative estimate of drug-likeness (QED) is 0.446. The molecule has 1 rings (SSSR count). The van der Waals surface area contributed by atoms with Gasteiger partial charge in [0.2, 0.25) is 0 Å². The molecule has 0 spiro atoms. The normalized spacial score (nSPS) is 17.3. The molecule has 0 unspecified atom stereocenters. The van der Waals surface area contributed by atoms with E-state index < -0.39 is 0 Å². The summed E-state index contributed by atoms with van der Waals surface area (Å²) in [5, 5.41) is 1.45. The molecule has 2 heteroatoms. The summed E-state index contributed by atoms with van der Waals surface area (Å²) in [5.41, 5.74) is 0. The van der Waals surface area contributed by atoms with E-state index in [1.807, 2.05) is 0 Å².